The highest BCUT2D eigenvalue weighted by atomic mass is 16.4. The average molecular weight is 251 g/mol. The summed E-state index contributed by atoms with van der Waals surface area (Å²) < 4.78 is 0. The van der Waals surface area contributed by atoms with Crippen LogP contribution < -0.4 is 16.4 Å². The molecule has 5 N–H and O–H groups in total. The van der Waals surface area contributed by atoms with Crippen molar-refractivity contribution in [3.05, 3.63) is 29.6 Å². The maximum Gasteiger partial charge on any atom is 0.216 e. The Morgan fingerprint density at radius 3 is 3.00 bits per heavy atom. The fraction of sp³-hybridized carbons (Fsp3) is 0.364. The third kappa shape index (κ3) is 4.79. The molecule has 0 aliphatic heterocycles. The molecule has 1 amide bonds. The quantitative estimate of drug-likeness (QED) is 0.177. The van der Waals surface area contributed by atoms with Crippen LogP contribution in [0.5, 0.6) is 0 Å². The highest BCUT2D eigenvalue weighted by Crippen LogP contribution is 2.01. The van der Waals surface area contributed by atoms with Gasteiger partial charge in [-0.3, -0.25) is 9.78 Å². The van der Waals surface area contributed by atoms with E-state index in [0.29, 0.717) is 25.3 Å². The minimum Gasteiger partial charge on any atom is -0.409 e. The van der Waals surface area contributed by atoms with Crippen molar-refractivity contribution >= 4 is 11.7 Å². The molecular weight excluding hydrogens is 234 g/mol. The summed E-state index contributed by atoms with van der Waals surface area (Å²) in [5.41, 5.74) is 6.84. The van der Waals surface area contributed by atoms with Gasteiger partial charge in [-0.25, -0.2) is 0 Å². The Morgan fingerprint density at radius 1 is 1.56 bits per heavy atom. The van der Waals surface area contributed by atoms with Gasteiger partial charge >= 0.3 is 0 Å². The summed E-state index contributed by atoms with van der Waals surface area (Å²) in [6.45, 7) is 3.34. The highest BCUT2D eigenvalue weighted by Gasteiger charge is 2.01. The molecule has 0 fully saturated rings. The second-order valence-corrected chi connectivity index (χ2v) is 3.69. The summed E-state index contributed by atoms with van der Waals surface area (Å²) in [5, 5.41) is 17.3. The second-order valence-electron chi connectivity index (χ2n) is 3.69. The SMILES string of the molecule is CC(=O)NCCNCc1ccnc(C(N)=NO)c1. The van der Waals surface area contributed by atoms with Crippen LogP contribution in [0.25, 0.3) is 0 Å². The Kier molecular flexibility index (Phi) is 5.59. The normalized spacial score (nSPS) is 11.3. The number of oxime groups is 1. The largest absolute Gasteiger partial charge is 0.409 e. The third-order valence-electron chi connectivity index (χ3n) is 2.20. The van der Waals surface area contributed by atoms with Crippen LogP contribution >= 0.6 is 0 Å². The number of nitrogens with zero attached hydrogens (tertiary/aromatic N) is 2. The Hall–Kier alpha value is -2.15. The first-order valence-electron chi connectivity index (χ1n) is 5.51. The molecule has 0 unspecified atom stereocenters. The Bertz CT molecular complexity index is 433. The Morgan fingerprint density at radius 2 is 2.33 bits per heavy atom. The molecule has 18 heavy (non-hydrogen) atoms. The van der Waals surface area contributed by atoms with E-state index in [9.17, 15) is 4.79 Å². The first-order chi connectivity index (χ1) is 8.63. The topological polar surface area (TPSA) is 113 Å². The van der Waals surface area contributed by atoms with E-state index in [1.54, 1.807) is 12.3 Å². The van der Waals surface area contributed by atoms with Crippen LogP contribution in [0, 0.1) is 0 Å². The smallest absolute Gasteiger partial charge is 0.216 e. The molecule has 0 saturated carbocycles. The van der Waals surface area contributed by atoms with Crippen LogP contribution in [0.4, 0.5) is 0 Å². The van der Waals surface area contributed by atoms with E-state index in [1.807, 2.05) is 6.07 Å². The second kappa shape index (κ2) is 7.23. The standard InChI is InChI=1S/C11H17N5O2/c1-8(17)14-5-4-13-7-9-2-3-15-10(6-9)11(12)16-18/h2-3,6,13,18H,4-5,7H2,1H3,(H2,12,16)(H,14,17). The van der Waals surface area contributed by atoms with Crippen molar-refractivity contribution in [3.63, 3.8) is 0 Å². The summed E-state index contributed by atoms with van der Waals surface area (Å²) >= 11 is 0. The molecule has 7 heteroatoms. The number of carbonyl (C=O) groups is 1. The highest BCUT2D eigenvalue weighted by molar-refractivity contribution is 5.95. The summed E-state index contributed by atoms with van der Waals surface area (Å²) in [7, 11) is 0. The molecule has 0 spiro atoms. The lowest BCUT2D eigenvalue weighted by Gasteiger charge is -2.06. The number of rotatable bonds is 6. The number of nitrogens with two attached hydrogens (primary N) is 1. The number of amides is 1. The molecule has 0 bridgehead atoms. The lowest BCUT2D eigenvalue weighted by molar-refractivity contribution is -0.118. The summed E-state index contributed by atoms with van der Waals surface area (Å²) in [6.07, 6.45) is 1.60. The maximum atomic E-state index is 10.6. The van der Waals surface area contributed by atoms with Crippen LogP contribution in [-0.2, 0) is 11.3 Å². The monoisotopic (exact) mass is 251 g/mol. The molecule has 1 heterocycles. The van der Waals surface area contributed by atoms with E-state index < -0.39 is 0 Å². The zero-order chi connectivity index (χ0) is 13.4. The van der Waals surface area contributed by atoms with Crippen molar-refractivity contribution in [2.75, 3.05) is 13.1 Å². The van der Waals surface area contributed by atoms with Crippen molar-refractivity contribution < 1.29 is 10.0 Å². The number of hydrogen-bond donors (Lipinski definition) is 4. The zero-order valence-electron chi connectivity index (χ0n) is 10.2. The van der Waals surface area contributed by atoms with Gasteiger partial charge in [0.2, 0.25) is 5.91 Å². The lowest BCUT2D eigenvalue weighted by Crippen LogP contribution is -2.30. The molecular formula is C11H17N5O2. The molecule has 0 saturated heterocycles. The van der Waals surface area contributed by atoms with Gasteiger partial charge in [0.05, 0.1) is 0 Å². The van der Waals surface area contributed by atoms with Gasteiger partial charge in [-0.1, -0.05) is 5.16 Å². The van der Waals surface area contributed by atoms with Gasteiger partial charge in [0.1, 0.15) is 5.69 Å². The van der Waals surface area contributed by atoms with E-state index in [-0.39, 0.29) is 11.7 Å². The number of pyridine rings is 1. The van der Waals surface area contributed by atoms with Crippen LogP contribution in [0.3, 0.4) is 0 Å². The van der Waals surface area contributed by atoms with Gasteiger partial charge in [0.15, 0.2) is 5.84 Å². The molecule has 1 aromatic heterocycles. The lowest BCUT2D eigenvalue weighted by atomic mass is 10.2. The Labute approximate surface area is 105 Å². The van der Waals surface area contributed by atoms with Crippen molar-refractivity contribution in [2.45, 2.75) is 13.5 Å². The number of hydrogen-bond acceptors (Lipinski definition) is 5. The van der Waals surface area contributed by atoms with Crippen LogP contribution in [0.1, 0.15) is 18.2 Å². The predicted octanol–water partition coefficient (Wildman–Crippen LogP) is -0.598. The molecule has 98 valence electrons. The van der Waals surface area contributed by atoms with E-state index in [2.05, 4.69) is 20.8 Å². The van der Waals surface area contributed by atoms with Crippen molar-refractivity contribution in [1.82, 2.24) is 15.6 Å². The molecule has 0 radical (unpaired) electrons. The van der Waals surface area contributed by atoms with Crippen LogP contribution in [-0.4, -0.2) is 35.0 Å². The van der Waals surface area contributed by atoms with Gasteiger partial charge < -0.3 is 21.6 Å². The first-order valence-corrected chi connectivity index (χ1v) is 5.51. The van der Waals surface area contributed by atoms with Gasteiger partial charge in [-0.2, -0.15) is 0 Å². The van der Waals surface area contributed by atoms with Gasteiger partial charge in [-0.05, 0) is 17.7 Å². The van der Waals surface area contributed by atoms with Crippen molar-refractivity contribution in [1.29, 1.82) is 0 Å². The van der Waals surface area contributed by atoms with E-state index in [1.165, 1.54) is 6.92 Å². The molecule has 0 aliphatic carbocycles. The number of aromatic nitrogens is 1. The van der Waals surface area contributed by atoms with Crippen LogP contribution in [0.2, 0.25) is 0 Å². The minimum absolute atomic E-state index is 0.0184. The summed E-state index contributed by atoms with van der Waals surface area (Å²) in [5.74, 6) is -0.0648. The van der Waals surface area contributed by atoms with Gasteiger partial charge in [0.25, 0.3) is 0 Å². The van der Waals surface area contributed by atoms with E-state index >= 15 is 0 Å². The number of nitrogens with one attached hydrogen (secondary N) is 2. The third-order valence-corrected chi connectivity index (χ3v) is 2.20. The van der Waals surface area contributed by atoms with Crippen molar-refractivity contribution in [3.8, 4) is 0 Å². The fourth-order valence-corrected chi connectivity index (χ4v) is 1.34. The fourth-order valence-electron chi connectivity index (χ4n) is 1.34. The molecule has 1 rings (SSSR count). The number of amidine groups is 1. The maximum absolute atomic E-state index is 10.6. The molecule has 1 aromatic rings. The number of carbonyl (C=O) groups excluding carboxylic acids is 1. The average Bonchev–Trinajstić information content (AvgIpc) is 2.37. The van der Waals surface area contributed by atoms with Crippen molar-refractivity contribution in [2.24, 2.45) is 10.9 Å². The Balaban J connectivity index is 2.41. The van der Waals surface area contributed by atoms with E-state index in [4.69, 9.17) is 10.9 Å². The predicted molar refractivity (Wildman–Crippen MR) is 67.1 cm³/mol. The summed E-state index contributed by atoms with van der Waals surface area (Å²) in [6, 6.07) is 3.57. The van der Waals surface area contributed by atoms with E-state index in [0.717, 1.165) is 5.56 Å². The molecule has 7 nitrogen and oxygen atoms in total. The zero-order valence-corrected chi connectivity index (χ0v) is 10.2. The van der Waals surface area contributed by atoms with Gasteiger partial charge in [-0.15, -0.1) is 0 Å². The van der Waals surface area contributed by atoms with Gasteiger partial charge in [0, 0.05) is 32.8 Å². The minimum atomic E-state index is -0.0464. The summed E-state index contributed by atoms with van der Waals surface area (Å²) in [4.78, 5) is 14.6. The molecule has 0 aromatic carbocycles. The van der Waals surface area contributed by atoms with Crippen LogP contribution in [0.15, 0.2) is 23.5 Å². The molecule has 0 atom stereocenters. The molecule has 0 aliphatic rings. The first kappa shape index (κ1) is 13.9.